The number of aromatic nitrogens is 1. The van der Waals surface area contributed by atoms with Crippen LogP contribution < -0.4 is 16.2 Å². The highest BCUT2D eigenvalue weighted by molar-refractivity contribution is 5.96. The third-order valence-electron chi connectivity index (χ3n) is 4.79. The summed E-state index contributed by atoms with van der Waals surface area (Å²) in [4.78, 5) is 29.3. The second kappa shape index (κ2) is 8.00. The van der Waals surface area contributed by atoms with Gasteiger partial charge in [-0.3, -0.25) is 9.80 Å². The number of carboxylic acid groups (broad SMARTS) is 1. The fourth-order valence-electron chi connectivity index (χ4n) is 3.06. The molecule has 0 radical (unpaired) electrons. The van der Waals surface area contributed by atoms with Crippen LogP contribution in [0.25, 0.3) is 0 Å². The van der Waals surface area contributed by atoms with Gasteiger partial charge in [0, 0.05) is 39.2 Å². The molecule has 1 amide bonds. The number of carbonyl (C=O) groups excluding carboxylic acids is 1. The van der Waals surface area contributed by atoms with Crippen LogP contribution in [-0.4, -0.2) is 52.9 Å². The number of anilines is 3. The van der Waals surface area contributed by atoms with Gasteiger partial charge in [-0.05, 0) is 30.3 Å². The van der Waals surface area contributed by atoms with Gasteiger partial charge in [-0.1, -0.05) is 0 Å². The second-order valence-corrected chi connectivity index (χ2v) is 6.72. The van der Waals surface area contributed by atoms with E-state index >= 15 is 0 Å². The van der Waals surface area contributed by atoms with Gasteiger partial charge < -0.3 is 15.3 Å². The van der Waals surface area contributed by atoms with Crippen LogP contribution in [0.1, 0.15) is 33.6 Å². The molecule has 29 heavy (non-hydrogen) atoms. The summed E-state index contributed by atoms with van der Waals surface area (Å²) in [5, 5.41) is 13.2. The van der Waals surface area contributed by atoms with Crippen LogP contribution in [0.5, 0.6) is 0 Å². The second-order valence-electron chi connectivity index (χ2n) is 6.72. The summed E-state index contributed by atoms with van der Waals surface area (Å²) in [5.74, 6) is 2.29. The smallest absolute Gasteiger partial charge is 0.335 e. The minimum Gasteiger partial charge on any atom is -0.478 e. The Morgan fingerprint density at radius 1 is 1.21 bits per heavy atom. The SMILES string of the molecule is CNc1cc(C(=O)N2CCC(F)(F)CC2)cnc1N(N)c1ccc(C(=O)O)cc1. The monoisotopic (exact) mass is 405 g/mol. The van der Waals surface area contributed by atoms with Crippen LogP contribution in [0.3, 0.4) is 0 Å². The average molecular weight is 405 g/mol. The largest absolute Gasteiger partial charge is 0.478 e. The Hall–Kier alpha value is -3.27. The van der Waals surface area contributed by atoms with Gasteiger partial charge in [0.2, 0.25) is 0 Å². The molecule has 0 spiro atoms. The number of aromatic carboxylic acids is 1. The van der Waals surface area contributed by atoms with Gasteiger partial charge in [0.1, 0.15) is 0 Å². The summed E-state index contributed by atoms with van der Waals surface area (Å²) < 4.78 is 26.6. The summed E-state index contributed by atoms with van der Waals surface area (Å²) in [6, 6.07) is 7.47. The molecule has 2 aromatic rings. The first kappa shape index (κ1) is 20.5. The van der Waals surface area contributed by atoms with E-state index in [1.807, 2.05) is 0 Å². The van der Waals surface area contributed by atoms with E-state index in [1.165, 1.54) is 40.4 Å². The number of benzene rings is 1. The lowest BCUT2D eigenvalue weighted by atomic mass is 10.1. The van der Waals surface area contributed by atoms with Crippen molar-refractivity contribution in [3.63, 3.8) is 0 Å². The highest BCUT2D eigenvalue weighted by atomic mass is 19.3. The number of pyridine rings is 1. The minimum absolute atomic E-state index is 0.0125. The molecule has 2 heterocycles. The van der Waals surface area contributed by atoms with Gasteiger partial charge in [-0.25, -0.2) is 24.4 Å². The van der Waals surface area contributed by atoms with Gasteiger partial charge in [0.05, 0.1) is 22.5 Å². The molecule has 0 atom stereocenters. The lowest BCUT2D eigenvalue weighted by Crippen LogP contribution is -2.42. The van der Waals surface area contributed by atoms with Crippen LogP contribution in [0.15, 0.2) is 36.5 Å². The maximum Gasteiger partial charge on any atom is 0.335 e. The quantitative estimate of drug-likeness (QED) is 0.518. The molecule has 10 heteroatoms. The Labute approximate surface area is 165 Å². The number of likely N-dealkylation sites (tertiary alicyclic amines) is 1. The summed E-state index contributed by atoms with van der Waals surface area (Å²) >= 11 is 0. The van der Waals surface area contributed by atoms with Crippen molar-refractivity contribution in [2.75, 3.05) is 30.5 Å². The average Bonchev–Trinajstić information content (AvgIpc) is 2.72. The van der Waals surface area contributed by atoms with Gasteiger partial charge in [-0.2, -0.15) is 0 Å². The number of carbonyl (C=O) groups is 2. The van der Waals surface area contributed by atoms with Crippen molar-refractivity contribution in [2.24, 2.45) is 5.84 Å². The zero-order valence-corrected chi connectivity index (χ0v) is 15.7. The molecule has 4 N–H and O–H groups in total. The zero-order valence-electron chi connectivity index (χ0n) is 15.7. The first-order chi connectivity index (χ1) is 13.7. The third kappa shape index (κ3) is 4.43. The topological polar surface area (TPSA) is 112 Å². The van der Waals surface area contributed by atoms with Crippen molar-refractivity contribution >= 4 is 29.1 Å². The van der Waals surface area contributed by atoms with Crippen molar-refractivity contribution in [2.45, 2.75) is 18.8 Å². The Morgan fingerprint density at radius 2 is 1.83 bits per heavy atom. The van der Waals surface area contributed by atoms with E-state index < -0.39 is 11.9 Å². The van der Waals surface area contributed by atoms with E-state index in [9.17, 15) is 18.4 Å². The maximum atomic E-state index is 13.3. The molecule has 1 aliphatic rings. The van der Waals surface area contributed by atoms with E-state index in [1.54, 1.807) is 13.1 Å². The summed E-state index contributed by atoms with van der Waals surface area (Å²) in [7, 11) is 1.64. The molecule has 0 saturated carbocycles. The highest BCUT2D eigenvalue weighted by Gasteiger charge is 2.36. The third-order valence-corrected chi connectivity index (χ3v) is 4.79. The van der Waals surface area contributed by atoms with E-state index in [-0.39, 0.29) is 43.0 Å². The first-order valence-corrected chi connectivity index (χ1v) is 8.95. The van der Waals surface area contributed by atoms with Crippen LogP contribution in [0.2, 0.25) is 0 Å². The molecule has 1 saturated heterocycles. The number of amides is 1. The molecule has 3 rings (SSSR count). The number of carboxylic acids is 1. The lowest BCUT2D eigenvalue weighted by molar-refractivity contribution is -0.0494. The Kier molecular flexibility index (Phi) is 5.64. The standard InChI is InChI=1S/C19H21F2N5O3/c1-23-15-10-13(17(27)25-8-6-19(20,21)7-9-25)11-24-16(15)26(22)14-4-2-12(3-5-14)18(28)29/h2-5,10-11,23H,6-9,22H2,1H3,(H,28,29). The van der Waals surface area contributed by atoms with Crippen molar-refractivity contribution in [3.8, 4) is 0 Å². The number of halogens is 2. The fraction of sp³-hybridized carbons (Fsp3) is 0.316. The van der Waals surface area contributed by atoms with Crippen LogP contribution >= 0.6 is 0 Å². The zero-order chi connectivity index (χ0) is 21.2. The molecule has 1 aromatic heterocycles. The highest BCUT2D eigenvalue weighted by Crippen LogP contribution is 2.31. The van der Waals surface area contributed by atoms with Gasteiger partial charge in [0.15, 0.2) is 5.82 Å². The Bertz CT molecular complexity index is 911. The number of alkyl halides is 2. The molecule has 1 fully saturated rings. The summed E-state index contributed by atoms with van der Waals surface area (Å²) in [6.07, 6.45) is 0.634. The first-order valence-electron chi connectivity index (χ1n) is 8.95. The predicted molar refractivity (Wildman–Crippen MR) is 104 cm³/mol. The predicted octanol–water partition coefficient (Wildman–Crippen LogP) is 2.70. The molecule has 0 unspecified atom stereocenters. The molecule has 0 aliphatic carbocycles. The number of piperidine rings is 1. The number of hydrazine groups is 1. The number of nitrogens with one attached hydrogen (secondary N) is 1. The number of nitrogens with zero attached hydrogens (tertiary/aromatic N) is 3. The summed E-state index contributed by atoms with van der Waals surface area (Å²) in [6.45, 7) is -0.0250. The van der Waals surface area contributed by atoms with Crippen LogP contribution in [-0.2, 0) is 0 Å². The van der Waals surface area contributed by atoms with E-state index in [0.717, 1.165) is 0 Å². The molecule has 8 nitrogen and oxygen atoms in total. The van der Waals surface area contributed by atoms with Crippen molar-refractivity contribution < 1.29 is 23.5 Å². The lowest BCUT2D eigenvalue weighted by Gasteiger charge is -2.32. The molecular weight excluding hydrogens is 384 g/mol. The minimum atomic E-state index is -2.73. The van der Waals surface area contributed by atoms with E-state index in [2.05, 4.69) is 10.3 Å². The summed E-state index contributed by atoms with van der Waals surface area (Å²) in [5.41, 5.74) is 1.34. The van der Waals surface area contributed by atoms with Gasteiger partial charge in [0.25, 0.3) is 11.8 Å². The molecule has 1 aromatic carbocycles. The van der Waals surface area contributed by atoms with E-state index in [4.69, 9.17) is 10.9 Å². The Balaban J connectivity index is 1.81. The normalized spacial score (nSPS) is 15.7. The number of nitrogens with two attached hydrogens (primary N) is 1. The van der Waals surface area contributed by atoms with Crippen molar-refractivity contribution in [3.05, 3.63) is 47.7 Å². The van der Waals surface area contributed by atoms with Crippen molar-refractivity contribution in [1.29, 1.82) is 0 Å². The maximum absolute atomic E-state index is 13.3. The molecular formula is C19H21F2N5O3. The Morgan fingerprint density at radius 3 is 2.38 bits per heavy atom. The van der Waals surface area contributed by atoms with Crippen LogP contribution in [0, 0.1) is 0 Å². The number of rotatable bonds is 5. The number of hydrogen-bond donors (Lipinski definition) is 3. The van der Waals surface area contributed by atoms with Gasteiger partial charge in [-0.15, -0.1) is 0 Å². The fourth-order valence-corrected chi connectivity index (χ4v) is 3.06. The van der Waals surface area contributed by atoms with Crippen LogP contribution in [0.4, 0.5) is 26.0 Å². The van der Waals surface area contributed by atoms with Crippen molar-refractivity contribution in [1.82, 2.24) is 9.88 Å². The van der Waals surface area contributed by atoms with E-state index in [0.29, 0.717) is 17.2 Å². The molecule has 154 valence electrons. The molecule has 1 aliphatic heterocycles. The molecule has 0 bridgehead atoms. The number of hydrogen-bond acceptors (Lipinski definition) is 6. The van der Waals surface area contributed by atoms with Gasteiger partial charge >= 0.3 is 5.97 Å².